The normalized spacial score (nSPS) is 20.7. The number of anilines is 2. The number of amides is 3. The molecule has 1 N–H and O–H groups in total. The number of esters is 1. The second-order valence-corrected chi connectivity index (χ2v) is 10.2. The summed E-state index contributed by atoms with van der Waals surface area (Å²) in [6, 6.07) is 21.3. The van der Waals surface area contributed by atoms with Crippen molar-refractivity contribution in [1.29, 1.82) is 0 Å². The summed E-state index contributed by atoms with van der Waals surface area (Å²) in [4.78, 5) is 52.3. The van der Waals surface area contributed by atoms with Gasteiger partial charge in [0.2, 0.25) is 11.8 Å². The number of nitrogens with zero attached hydrogens (tertiary/aromatic N) is 1. The third-order valence-corrected chi connectivity index (χ3v) is 7.75. The number of carbonyl (C=O) groups excluding carboxylic acids is 4. The number of halogens is 1. The summed E-state index contributed by atoms with van der Waals surface area (Å²) in [7, 11) is 0. The van der Waals surface area contributed by atoms with E-state index in [1.165, 1.54) is 22.6 Å². The van der Waals surface area contributed by atoms with Crippen molar-refractivity contribution in [2.24, 2.45) is 11.8 Å². The molecule has 1 aliphatic heterocycles. The standard InChI is InChI=1S/C30H27ClN2O5/c1-18-7-11-22(16-26(18)31)32-27(34)17-38-30(37)20-8-12-23(13-9-20)33-28(35)24-14-10-21(15-25(24)29(33)36)19-5-3-2-4-6-19/h2-9,11-13,16,21,24-25H,10,14-15,17H2,1H3,(H,32,34)/t21-,24-,25+/m1/s1. The van der Waals surface area contributed by atoms with Gasteiger partial charge in [0.1, 0.15) is 0 Å². The molecular formula is C30H27ClN2O5. The number of nitrogens with one attached hydrogen (secondary N) is 1. The molecule has 3 atom stereocenters. The van der Waals surface area contributed by atoms with Crippen LogP contribution >= 0.6 is 11.6 Å². The van der Waals surface area contributed by atoms with Crippen molar-refractivity contribution in [3.8, 4) is 0 Å². The second-order valence-electron chi connectivity index (χ2n) is 9.78. The van der Waals surface area contributed by atoms with Crippen LogP contribution in [0, 0.1) is 18.8 Å². The van der Waals surface area contributed by atoms with Crippen LogP contribution in [0.25, 0.3) is 0 Å². The average Bonchev–Trinajstić information content (AvgIpc) is 3.19. The first-order valence-electron chi connectivity index (χ1n) is 12.6. The Kier molecular flexibility index (Phi) is 7.29. The fraction of sp³-hybridized carbons (Fsp3) is 0.267. The van der Waals surface area contributed by atoms with Crippen LogP contribution in [-0.4, -0.2) is 30.3 Å². The first-order chi connectivity index (χ1) is 18.3. The lowest BCUT2D eigenvalue weighted by molar-refractivity contribution is -0.122. The summed E-state index contributed by atoms with van der Waals surface area (Å²) in [5.74, 6) is -1.96. The minimum absolute atomic E-state index is 0.185. The van der Waals surface area contributed by atoms with Crippen molar-refractivity contribution >= 4 is 46.7 Å². The lowest BCUT2D eigenvalue weighted by Gasteiger charge is -2.28. The Morgan fingerprint density at radius 2 is 1.66 bits per heavy atom. The number of benzene rings is 3. The van der Waals surface area contributed by atoms with E-state index in [0.29, 0.717) is 29.2 Å². The van der Waals surface area contributed by atoms with Crippen LogP contribution in [0.2, 0.25) is 5.02 Å². The lowest BCUT2D eigenvalue weighted by atomic mass is 9.73. The summed E-state index contributed by atoms with van der Waals surface area (Å²) < 4.78 is 5.12. The zero-order chi connectivity index (χ0) is 26.8. The number of carbonyl (C=O) groups is 4. The molecule has 3 aromatic carbocycles. The van der Waals surface area contributed by atoms with Gasteiger partial charge in [-0.05, 0) is 79.6 Å². The Hall–Kier alpha value is -3.97. The molecule has 0 unspecified atom stereocenters. The van der Waals surface area contributed by atoms with Crippen molar-refractivity contribution in [3.63, 3.8) is 0 Å². The molecule has 5 rings (SSSR count). The topological polar surface area (TPSA) is 92.8 Å². The summed E-state index contributed by atoms with van der Waals surface area (Å²) in [5, 5.41) is 3.15. The highest BCUT2D eigenvalue weighted by atomic mass is 35.5. The molecule has 0 spiro atoms. The van der Waals surface area contributed by atoms with Crippen LogP contribution in [0.4, 0.5) is 11.4 Å². The Balaban J connectivity index is 1.19. The van der Waals surface area contributed by atoms with Gasteiger partial charge in [-0.2, -0.15) is 0 Å². The van der Waals surface area contributed by atoms with Gasteiger partial charge in [-0.3, -0.25) is 19.3 Å². The van der Waals surface area contributed by atoms with Gasteiger partial charge in [-0.15, -0.1) is 0 Å². The molecule has 38 heavy (non-hydrogen) atoms. The monoisotopic (exact) mass is 530 g/mol. The minimum Gasteiger partial charge on any atom is -0.452 e. The number of aryl methyl sites for hydroxylation is 1. The van der Waals surface area contributed by atoms with Gasteiger partial charge in [0, 0.05) is 10.7 Å². The lowest BCUT2D eigenvalue weighted by Crippen LogP contribution is -2.30. The van der Waals surface area contributed by atoms with Crippen molar-refractivity contribution in [2.75, 3.05) is 16.8 Å². The molecule has 0 radical (unpaired) electrons. The zero-order valence-electron chi connectivity index (χ0n) is 20.9. The SMILES string of the molecule is Cc1ccc(NC(=O)COC(=O)c2ccc(N3C(=O)[C@H]4C[C@H](c5ccccc5)CC[C@H]4C3=O)cc2)cc1Cl. The highest BCUT2D eigenvalue weighted by molar-refractivity contribution is 6.31. The van der Waals surface area contributed by atoms with Gasteiger partial charge < -0.3 is 10.1 Å². The average molecular weight is 531 g/mol. The molecule has 1 aliphatic carbocycles. The van der Waals surface area contributed by atoms with E-state index in [2.05, 4.69) is 17.4 Å². The Bertz CT molecular complexity index is 1390. The summed E-state index contributed by atoms with van der Waals surface area (Å²) in [5.41, 5.74) is 3.22. The van der Waals surface area contributed by atoms with Crippen LogP contribution in [0.3, 0.4) is 0 Å². The maximum Gasteiger partial charge on any atom is 0.338 e. The van der Waals surface area contributed by atoms with Crippen LogP contribution in [-0.2, 0) is 19.1 Å². The molecule has 194 valence electrons. The Labute approximate surface area is 225 Å². The first-order valence-corrected chi connectivity index (χ1v) is 13.0. The molecule has 3 aromatic rings. The van der Waals surface area contributed by atoms with Crippen molar-refractivity contribution < 1.29 is 23.9 Å². The molecule has 3 amide bonds. The quantitative estimate of drug-likeness (QED) is 0.335. The number of rotatable bonds is 6. The number of ether oxygens (including phenoxy) is 1. The van der Waals surface area contributed by atoms with Gasteiger partial charge in [0.25, 0.3) is 5.91 Å². The molecule has 8 heteroatoms. The van der Waals surface area contributed by atoms with Crippen molar-refractivity contribution in [1.82, 2.24) is 0 Å². The summed E-state index contributed by atoms with van der Waals surface area (Å²) in [6.07, 6.45) is 2.19. The Morgan fingerprint density at radius 3 is 2.37 bits per heavy atom. The Morgan fingerprint density at radius 1 is 0.947 bits per heavy atom. The van der Waals surface area contributed by atoms with Crippen LogP contribution < -0.4 is 10.2 Å². The van der Waals surface area contributed by atoms with E-state index in [0.717, 1.165) is 12.0 Å². The molecule has 7 nitrogen and oxygen atoms in total. The molecule has 1 heterocycles. The van der Waals surface area contributed by atoms with Gasteiger partial charge in [-0.1, -0.05) is 48.0 Å². The van der Waals surface area contributed by atoms with Gasteiger partial charge in [0.05, 0.1) is 23.1 Å². The maximum absolute atomic E-state index is 13.3. The van der Waals surface area contributed by atoms with E-state index in [1.807, 2.05) is 25.1 Å². The second kappa shape index (κ2) is 10.8. The van der Waals surface area contributed by atoms with Gasteiger partial charge >= 0.3 is 5.97 Å². The first kappa shape index (κ1) is 25.7. The number of imide groups is 1. The van der Waals surface area contributed by atoms with E-state index in [4.69, 9.17) is 16.3 Å². The molecule has 0 bridgehead atoms. The van der Waals surface area contributed by atoms with Crippen LogP contribution in [0.5, 0.6) is 0 Å². The molecule has 2 aliphatic rings. The summed E-state index contributed by atoms with van der Waals surface area (Å²) >= 11 is 6.07. The number of fused-ring (bicyclic) bond motifs is 1. The fourth-order valence-corrected chi connectivity index (χ4v) is 5.47. The molecule has 0 aromatic heterocycles. The smallest absolute Gasteiger partial charge is 0.338 e. The number of hydrogen-bond acceptors (Lipinski definition) is 5. The predicted octanol–water partition coefficient (Wildman–Crippen LogP) is 5.52. The van der Waals surface area contributed by atoms with Crippen molar-refractivity contribution in [2.45, 2.75) is 32.1 Å². The minimum atomic E-state index is -0.688. The molecule has 1 saturated heterocycles. The highest BCUT2D eigenvalue weighted by Crippen LogP contribution is 2.45. The van der Waals surface area contributed by atoms with E-state index in [-0.39, 0.29) is 35.1 Å². The number of hydrogen-bond donors (Lipinski definition) is 1. The van der Waals surface area contributed by atoms with E-state index >= 15 is 0 Å². The van der Waals surface area contributed by atoms with Crippen LogP contribution in [0.1, 0.15) is 46.7 Å². The zero-order valence-corrected chi connectivity index (χ0v) is 21.6. The molecule has 1 saturated carbocycles. The van der Waals surface area contributed by atoms with E-state index in [1.54, 1.807) is 30.3 Å². The highest BCUT2D eigenvalue weighted by Gasteiger charge is 2.50. The third-order valence-electron chi connectivity index (χ3n) is 7.35. The van der Waals surface area contributed by atoms with E-state index in [9.17, 15) is 19.2 Å². The fourth-order valence-electron chi connectivity index (χ4n) is 5.29. The van der Waals surface area contributed by atoms with Gasteiger partial charge in [-0.25, -0.2) is 4.79 Å². The third kappa shape index (κ3) is 5.20. The largest absolute Gasteiger partial charge is 0.452 e. The molecule has 2 fully saturated rings. The summed E-state index contributed by atoms with van der Waals surface area (Å²) in [6.45, 7) is 1.38. The predicted molar refractivity (Wildman–Crippen MR) is 144 cm³/mol. The van der Waals surface area contributed by atoms with Gasteiger partial charge in [0.15, 0.2) is 6.61 Å². The maximum atomic E-state index is 13.3. The molecular weight excluding hydrogens is 504 g/mol. The van der Waals surface area contributed by atoms with E-state index < -0.39 is 18.5 Å². The van der Waals surface area contributed by atoms with Crippen LogP contribution in [0.15, 0.2) is 72.8 Å². The van der Waals surface area contributed by atoms with Crippen molar-refractivity contribution in [3.05, 3.63) is 94.5 Å².